The van der Waals surface area contributed by atoms with Gasteiger partial charge in [0.1, 0.15) is 0 Å². The van der Waals surface area contributed by atoms with Gasteiger partial charge >= 0.3 is 0 Å². The van der Waals surface area contributed by atoms with Crippen LogP contribution in [-0.2, 0) is 24.1 Å². The van der Waals surface area contributed by atoms with Crippen molar-refractivity contribution in [2.45, 2.75) is 48.5 Å². The van der Waals surface area contributed by atoms with Gasteiger partial charge in [0.15, 0.2) is 0 Å². The number of aliphatic hydroxyl groups is 1. The lowest BCUT2D eigenvalue weighted by molar-refractivity contribution is 0.279. The molecule has 0 fully saturated rings. The molecular formula is C24H27NO2S2. The van der Waals surface area contributed by atoms with Gasteiger partial charge in [-0.05, 0) is 61.2 Å². The van der Waals surface area contributed by atoms with Crippen LogP contribution in [-0.4, -0.2) is 14.1 Å². The Morgan fingerprint density at radius 3 is 2.21 bits per heavy atom. The Balaban J connectivity index is 1.94. The van der Waals surface area contributed by atoms with Gasteiger partial charge in [0.25, 0.3) is 0 Å². The summed E-state index contributed by atoms with van der Waals surface area (Å²) in [4.78, 5) is 2.12. The predicted molar refractivity (Wildman–Crippen MR) is 123 cm³/mol. The number of rotatable bonds is 7. The van der Waals surface area contributed by atoms with E-state index in [0.717, 1.165) is 32.0 Å². The highest BCUT2D eigenvalue weighted by Crippen LogP contribution is 2.35. The van der Waals surface area contributed by atoms with E-state index in [2.05, 4.69) is 35.1 Å². The van der Waals surface area contributed by atoms with Crippen LogP contribution >= 0.6 is 11.8 Å². The van der Waals surface area contributed by atoms with Crippen molar-refractivity contribution in [1.29, 1.82) is 0 Å². The SMILES string of the molecule is CC(C)(C)S(=O)NCc1cc(-c2ccccc2)ccc1Sc1ccccc1CO. The quantitative estimate of drug-likeness (QED) is 0.522. The Bertz CT molecular complexity index is 982. The van der Waals surface area contributed by atoms with Gasteiger partial charge < -0.3 is 5.11 Å². The number of hydrogen-bond acceptors (Lipinski definition) is 3. The molecule has 1 unspecified atom stereocenters. The molecule has 29 heavy (non-hydrogen) atoms. The van der Waals surface area contributed by atoms with E-state index < -0.39 is 11.0 Å². The van der Waals surface area contributed by atoms with E-state index in [1.807, 2.05) is 63.2 Å². The first-order valence-corrected chi connectivity index (χ1v) is 11.6. The van der Waals surface area contributed by atoms with Crippen molar-refractivity contribution in [2.24, 2.45) is 0 Å². The zero-order valence-electron chi connectivity index (χ0n) is 17.0. The van der Waals surface area contributed by atoms with E-state index >= 15 is 0 Å². The first-order valence-electron chi connectivity index (χ1n) is 9.59. The minimum Gasteiger partial charge on any atom is -0.392 e. The Kier molecular flexibility index (Phi) is 7.30. The minimum atomic E-state index is -1.15. The molecule has 5 heteroatoms. The van der Waals surface area contributed by atoms with Crippen LogP contribution in [0, 0.1) is 0 Å². The zero-order chi connectivity index (χ0) is 20.9. The molecule has 1 atom stereocenters. The maximum Gasteiger partial charge on any atom is 0.0973 e. The summed E-state index contributed by atoms with van der Waals surface area (Å²) in [7, 11) is -1.15. The molecule has 3 aromatic rings. The maximum atomic E-state index is 12.5. The molecule has 0 aliphatic rings. The lowest BCUT2D eigenvalue weighted by Gasteiger charge is -2.19. The van der Waals surface area contributed by atoms with Crippen molar-refractivity contribution in [1.82, 2.24) is 4.72 Å². The molecule has 3 nitrogen and oxygen atoms in total. The van der Waals surface area contributed by atoms with Crippen LogP contribution < -0.4 is 4.72 Å². The Labute approximate surface area is 180 Å². The molecule has 0 aliphatic carbocycles. The Morgan fingerprint density at radius 1 is 0.862 bits per heavy atom. The molecule has 152 valence electrons. The summed E-state index contributed by atoms with van der Waals surface area (Å²) in [6.07, 6.45) is 0. The molecule has 0 bridgehead atoms. The second kappa shape index (κ2) is 9.72. The molecule has 0 radical (unpaired) electrons. The zero-order valence-corrected chi connectivity index (χ0v) is 18.6. The van der Waals surface area contributed by atoms with E-state index in [0.29, 0.717) is 6.54 Å². The van der Waals surface area contributed by atoms with Gasteiger partial charge in [0.05, 0.1) is 22.3 Å². The molecule has 0 aliphatic heterocycles. The predicted octanol–water partition coefficient (Wildman–Crippen LogP) is 5.55. The van der Waals surface area contributed by atoms with Gasteiger partial charge in [-0.25, -0.2) is 8.93 Å². The first-order chi connectivity index (χ1) is 13.9. The van der Waals surface area contributed by atoms with Crippen LogP contribution in [0.3, 0.4) is 0 Å². The summed E-state index contributed by atoms with van der Waals surface area (Å²) in [5.41, 5.74) is 4.27. The molecule has 3 rings (SSSR count). The molecule has 3 aromatic carbocycles. The second-order valence-corrected chi connectivity index (χ2v) is 10.9. The molecule has 2 N–H and O–H groups in total. The highest BCUT2D eigenvalue weighted by atomic mass is 32.2. The summed E-state index contributed by atoms with van der Waals surface area (Å²) in [6.45, 7) is 6.40. The highest BCUT2D eigenvalue weighted by molar-refractivity contribution is 7.99. The monoisotopic (exact) mass is 425 g/mol. The standard InChI is InChI=1S/C24H27NO2S2/c1-24(2,3)29(27)25-16-21-15-19(18-9-5-4-6-10-18)13-14-23(21)28-22-12-8-7-11-20(22)17-26/h4-15,25-26H,16-17H2,1-3H3. The maximum absolute atomic E-state index is 12.5. The van der Waals surface area contributed by atoms with Gasteiger partial charge in [-0.2, -0.15) is 0 Å². The van der Waals surface area contributed by atoms with Gasteiger partial charge in [-0.3, -0.25) is 0 Å². The van der Waals surface area contributed by atoms with Crippen molar-refractivity contribution in [3.05, 3.63) is 83.9 Å². The van der Waals surface area contributed by atoms with Crippen molar-refractivity contribution in [3.63, 3.8) is 0 Å². The van der Waals surface area contributed by atoms with E-state index in [1.165, 1.54) is 0 Å². The summed E-state index contributed by atoms with van der Waals surface area (Å²) < 4.78 is 15.4. The van der Waals surface area contributed by atoms with Crippen LogP contribution in [0.25, 0.3) is 11.1 Å². The topological polar surface area (TPSA) is 49.3 Å². The number of hydrogen-bond donors (Lipinski definition) is 2. The van der Waals surface area contributed by atoms with Gasteiger partial charge in [-0.15, -0.1) is 0 Å². The van der Waals surface area contributed by atoms with Crippen molar-refractivity contribution < 1.29 is 9.32 Å². The average molecular weight is 426 g/mol. The van der Waals surface area contributed by atoms with Crippen LogP contribution in [0.15, 0.2) is 82.6 Å². The molecule has 0 saturated heterocycles. The molecule has 0 amide bonds. The number of benzene rings is 3. The Morgan fingerprint density at radius 2 is 1.52 bits per heavy atom. The molecule has 0 aromatic heterocycles. The normalized spacial score (nSPS) is 12.7. The van der Waals surface area contributed by atoms with Crippen LogP contribution in [0.5, 0.6) is 0 Å². The van der Waals surface area contributed by atoms with Crippen LogP contribution in [0.1, 0.15) is 31.9 Å². The van der Waals surface area contributed by atoms with Crippen molar-refractivity contribution in [3.8, 4) is 11.1 Å². The highest BCUT2D eigenvalue weighted by Gasteiger charge is 2.19. The number of nitrogens with one attached hydrogen (secondary N) is 1. The molecule has 0 saturated carbocycles. The lowest BCUT2D eigenvalue weighted by atomic mass is 10.0. The first kappa shape index (κ1) is 21.8. The molecule has 0 spiro atoms. The van der Waals surface area contributed by atoms with Crippen molar-refractivity contribution >= 4 is 22.7 Å². The number of aliphatic hydroxyl groups excluding tert-OH is 1. The molecular weight excluding hydrogens is 398 g/mol. The Hall–Kier alpha value is -1.92. The fourth-order valence-corrected chi connectivity index (χ4v) is 4.60. The van der Waals surface area contributed by atoms with E-state index in [1.54, 1.807) is 11.8 Å². The fourth-order valence-electron chi connectivity index (χ4n) is 2.84. The smallest absolute Gasteiger partial charge is 0.0973 e. The fraction of sp³-hybridized carbons (Fsp3) is 0.250. The summed E-state index contributed by atoms with van der Waals surface area (Å²) in [5, 5.41) is 9.66. The summed E-state index contributed by atoms with van der Waals surface area (Å²) >= 11 is 1.63. The summed E-state index contributed by atoms with van der Waals surface area (Å²) in [5.74, 6) is 0. The van der Waals surface area contributed by atoms with E-state index in [-0.39, 0.29) is 11.4 Å². The minimum absolute atomic E-state index is 0.00684. The molecule has 0 heterocycles. The van der Waals surface area contributed by atoms with Gasteiger partial charge in [0, 0.05) is 16.3 Å². The van der Waals surface area contributed by atoms with Gasteiger partial charge in [-0.1, -0.05) is 66.4 Å². The van der Waals surface area contributed by atoms with E-state index in [4.69, 9.17) is 0 Å². The largest absolute Gasteiger partial charge is 0.392 e. The second-order valence-electron chi connectivity index (χ2n) is 7.76. The van der Waals surface area contributed by atoms with E-state index in [9.17, 15) is 9.32 Å². The van der Waals surface area contributed by atoms with Gasteiger partial charge in [0.2, 0.25) is 0 Å². The average Bonchev–Trinajstić information content (AvgIpc) is 2.73. The van der Waals surface area contributed by atoms with Crippen LogP contribution in [0.4, 0.5) is 0 Å². The third-order valence-electron chi connectivity index (χ3n) is 4.48. The third kappa shape index (κ3) is 5.80. The lowest BCUT2D eigenvalue weighted by Crippen LogP contribution is -2.33. The van der Waals surface area contributed by atoms with Crippen molar-refractivity contribution in [2.75, 3.05) is 0 Å². The third-order valence-corrected chi connectivity index (χ3v) is 7.24. The van der Waals surface area contributed by atoms with Crippen LogP contribution in [0.2, 0.25) is 0 Å². The summed E-state index contributed by atoms with van der Waals surface area (Å²) in [6, 6.07) is 24.5.